The Balaban J connectivity index is 1.81. The van der Waals surface area contributed by atoms with Gasteiger partial charge in [-0.3, -0.25) is 4.79 Å². The Morgan fingerprint density at radius 3 is 2.39 bits per heavy atom. The molecule has 1 amide bonds. The standard InChI is InChI=1S/C17H18N2O4/c1-21-14-9-7-13(8-10-14)11-18-19-17(20)12-23-16-6-4-3-5-15(16)22-2/h3-11H,12H2,1-2H3,(H,19,20)/b18-11-. The molecule has 23 heavy (non-hydrogen) atoms. The molecule has 120 valence electrons. The number of nitrogens with one attached hydrogen (secondary N) is 1. The topological polar surface area (TPSA) is 69.2 Å². The van der Waals surface area contributed by atoms with Gasteiger partial charge in [-0.25, -0.2) is 5.43 Å². The zero-order valence-electron chi connectivity index (χ0n) is 13.0. The fraction of sp³-hybridized carbons (Fsp3) is 0.176. The maximum atomic E-state index is 11.7. The molecular weight excluding hydrogens is 296 g/mol. The highest BCUT2D eigenvalue weighted by Crippen LogP contribution is 2.25. The fourth-order valence-corrected chi connectivity index (χ4v) is 1.78. The Morgan fingerprint density at radius 1 is 1.04 bits per heavy atom. The van der Waals surface area contributed by atoms with E-state index in [2.05, 4.69) is 10.5 Å². The summed E-state index contributed by atoms with van der Waals surface area (Å²) in [5, 5.41) is 3.88. The summed E-state index contributed by atoms with van der Waals surface area (Å²) in [5.41, 5.74) is 3.25. The molecule has 0 saturated carbocycles. The van der Waals surface area contributed by atoms with Crippen LogP contribution in [-0.2, 0) is 4.79 Å². The lowest BCUT2D eigenvalue weighted by Gasteiger charge is -2.09. The Morgan fingerprint density at radius 2 is 1.74 bits per heavy atom. The molecule has 6 heteroatoms. The van der Waals surface area contributed by atoms with Crippen LogP contribution in [0.4, 0.5) is 0 Å². The van der Waals surface area contributed by atoms with Gasteiger partial charge >= 0.3 is 0 Å². The van der Waals surface area contributed by atoms with Gasteiger partial charge in [-0.1, -0.05) is 12.1 Å². The van der Waals surface area contributed by atoms with E-state index in [9.17, 15) is 4.79 Å². The zero-order chi connectivity index (χ0) is 16.5. The predicted octanol–water partition coefficient (Wildman–Crippen LogP) is 2.23. The van der Waals surface area contributed by atoms with Gasteiger partial charge in [-0.2, -0.15) is 5.10 Å². The number of benzene rings is 2. The fourth-order valence-electron chi connectivity index (χ4n) is 1.78. The Hall–Kier alpha value is -3.02. The second-order valence-electron chi connectivity index (χ2n) is 4.51. The summed E-state index contributed by atoms with van der Waals surface area (Å²) in [7, 11) is 3.15. The molecule has 0 aromatic heterocycles. The highest BCUT2D eigenvalue weighted by atomic mass is 16.5. The first-order valence-electron chi connectivity index (χ1n) is 6.94. The SMILES string of the molecule is COc1ccc(/C=N\NC(=O)COc2ccccc2OC)cc1. The molecule has 2 aromatic carbocycles. The Kier molecular flexibility index (Phi) is 5.99. The van der Waals surface area contributed by atoms with Crippen molar-refractivity contribution in [2.75, 3.05) is 20.8 Å². The first kappa shape index (κ1) is 16.4. The zero-order valence-corrected chi connectivity index (χ0v) is 13.0. The third-order valence-electron chi connectivity index (χ3n) is 2.95. The van der Waals surface area contributed by atoms with E-state index in [0.29, 0.717) is 11.5 Å². The molecule has 0 aliphatic rings. The molecule has 0 atom stereocenters. The lowest BCUT2D eigenvalue weighted by atomic mass is 10.2. The van der Waals surface area contributed by atoms with Gasteiger partial charge in [0.2, 0.25) is 0 Å². The molecule has 0 aliphatic carbocycles. The Labute approximate surface area is 134 Å². The lowest BCUT2D eigenvalue weighted by molar-refractivity contribution is -0.123. The van der Waals surface area contributed by atoms with Crippen molar-refractivity contribution in [3.8, 4) is 17.2 Å². The minimum absolute atomic E-state index is 0.152. The summed E-state index contributed by atoms with van der Waals surface area (Å²) in [4.78, 5) is 11.7. The van der Waals surface area contributed by atoms with Crippen molar-refractivity contribution in [3.05, 3.63) is 54.1 Å². The molecule has 2 rings (SSSR count). The van der Waals surface area contributed by atoms with Crippen LogP contribution in [0, 0.1) is 0 Å². The molecule has 6 nitrogen and oxygen atoms in total. The van der Waals surface area contributed by atoms with Crippen molar-refractivity contribution < 1.29 is 19.0 Å². The number of amides is 1. The second-order valence-corrected chi connectivity index (χ2v) is 4.51. The van der Waals surface area contributed by atoms with Gasteiger partial charge in [0.25, 0.3) is 5.91 Å². The van der Waals surface area contributed by atoms with E-state index in [1.807, 2.05) is 30.3 Å². The van der Waals surface area contributed by atoms with Crippen LogP contribution in [0.25, 0.3) is 0 Å². The summed E-state index contributed by atoms with van der Waals surface area (Å²) in [6.07, 6.45) is 1.54. The van der Waals surface area contributed by atoms with Gasteiger partial charge in [0.05, 0.1) is 20.4 Å². The first-order valence-corrected chi connectivity index (χ1v) is 6.94. The van der Waals surface area contributed by atoms with Gasteiger partial charge in [-0.15, -0.1) is 0 Å². The lowest BCUT2D eigenvalue weighted by Crippen LogP contribution is -2.24. The van der Waals surface area contributed by atoms with Crippen molar-refractivity contribution in [3.63, 3.8) is 0 Å². The van der Waals surface area contributed by atoms with E-state index in [1.165, 1.54) is 0 Å². The summed E-state index contributed by atoms with van der Waals surface area (Å²) in [5.74, 6) is 1.48. The highest BCUT2D eigenvalue weighted by Gasteiger charge is 2.05. The molecule has 0 unspecified atom stereocenters. The third kappa shape index (κ3) is 5.03. The quantitative estimate of drug-likeness (QED) is 0.628. The summed E-state index contributed by atoms with van der Waals surface area (Å²) >= 11 is 0. The Bertz CT molecular complexity index is 669. The number of rotatable bonds is 7. The van der Waals surface area contributed by atoms with Gasteiger partial charge in [0.1, 0.15) is 5.75 Å². The molecule has 2 aromatic rings. The van der Waals surface area contributed by atoms with Crippen molar-refractivity contribution in [2.24, 2.45) is 5.10 Å². The van der Waals surface area contributed by atoms with Crippen molar-refractivity contribution in [1.29, 1.82) is 0 Å². The number of nitrogens with zero attached hydrogens (tertiary/aromatic N) is 1. The number of carbonyl (C=O) groups excluding carboxylic acids is 1. The molecule has 0 radical (unpaired) electrons. The third-order valence-corrected chi connectivity index (χ3v) is 2.95. The normalized spacial score (nSPS) is 10.3. The largest absolute Gasteiger partial charge is 0.497 e. The number of hydrazone groups is 1. The van der Waals surface area contributed by atoms with Gasteiger partial charge in [-0.05, 0) is 42.0 Å². The van der Waals surface area contributed by atoms with Gasteiger partial charge < -0.3 is 14.2 Å². The first-order chi connectivity index (χ1) is 11.2. The van der Waals surface area contributed by atoms with Crippen LogP contribution in [0.1, 0.15) is 5.56 Å². The number of ether oxygens (including phenoxy) is 3. The van der Waals surface area contributed by atoms with E-state index in [4.69, 9.17) is 14.2 Å². The molecule has 0 saturated heterocycles. The van der Waals surface area contributed by atoms with E-state index in [0.717, 1.165) is 11.3 Å². The molecule has 0 bridgehead atoms. The average molecular weight is 314 g/mol. The van der Waals surface area contributed by atoms with Crippen molar-refractivity contribution >= 4 is 12.1 Å². The van der Waals surface area contributed by atoms with E-state index < -0.39 is 0 Å². The highest BCUT2D eigenvalue weighted by molar-refractivity contribution is 5.83. The van der Waals surface area contributed by atoms with Crippen LogP contribution < -0.4 is 19.6 Å². The summed E-state index contributed by atoms with van der Waals surface area (Å²) < 4.78 is 15.6. The van der Waals surface area contributed by atoms with Crippen LogP contribution in [0.3, 0.4) is 0 Å². The maximum absolute atomic E-state index is 11.7. The maximum Gasteiger partial charge on any atom is 0.277 e. The number of methoxy groups -OCH3 is 2. The van der Waals surface area contributed by atoms with E-state index >= 15 is 0 Å². The minimum atomic E-state index is -0.360. The van der Waals surface area contributed by atoms with Crippen LogP contribution >= 0.6 is 0 Å². The molecular formula is C17H18N2O4. The summed E-state index contributed by atoms with van der Waals surface area (Å²) in [6.45, 7) is -0.152. The van der Waals surface area contributed by atoms with E-state index in [-0.39, 0.29) is 12.5 Å². The molecule has 0 fully saturated rings. The van der Waals surface area contributed by atoms with Crippen LogP contribution in [0.5, 0.6) is 17.2 Å². The monoisotopic (exact) mass is 314 g/mol. The van der Waals surface area contributed by atoms with Crippen LogP contribution in [0.15, 0.2) is 53.6 Å². The van der Waals surface area contributed by atoms with Crippen molar-refractivity contribution in [2.45, 2.75) is 0 Å². The predicted molar refractivity (Wildman–Crippen MR) is 87.2 cm³/mol. The number of carbonyl (C=O) groups is 1. The smallest absolute Gasteiger partial charge is 0.277 e. The molecule has 0 spiro atoms. The van der Waals surface area contributed by atoms with Gasteiger partial charge in [0, 0.05) is 0 Å². The van der Waals surface area contributed by atoms with Crippen LogP contribution in [-0.4, -0.2) is 32.9 Å². The summed E-state index contributed by atoms with van der Waals surface area (Å²) in [6, 6.07) is 14.4. The molecule has 0 aliphatic heterocycles. The van der Waals surface area contributed by atoms with E-state index in [1.54, 1.807) is 38.6 Å². The average Bonchev–Trinajstić information content (AvgIpc) is 2.60. The number of hydrogen-bond donors (Lipinski definition) is 1. The van der Waals surface area contributed by atoms with Crippen molar-refractivity contribution in [1.82, 2.24) is 5.43 Å². The number of para-hydroxylation sites is 2. The molecule has 1 N–H and O–H groups in total. The van der Waals surface area contributed by atoms with Crippen LogP contribution in [0.2, 0.25) is 0 Å². The molecule has 0 heterocycles. The minimum Gasteiger partial charge on any atom is -0.497 e. The number of hydrogen-bond acceptors (Lipinski definition) is 5. The van der Waals surface area contributed by atoms with Gasteiger partial charge in [0.15, 0.2) is 18.1 Å². The second kappa shape index (κ2) is 8.43.